The second-order valence-electron chi connectivity index (χ2n) is 4.22. The van der Waals surface area contributed by atoms with E-state index in [0.717, 1.165) is 18.7 Å². The van der Waals surface area contributed by atoms with Gasteiger partial charge in [0.25, 0.3) is 0 Å². The molecule has 0 aliphatic rings. The van der Waals surface area contributed by atoms with E-state index in [4.69, 9.17) is 27.9 Å². The van der Waals surface area contributed by atoms with Crippen molar-refractivity contribution >= 4 is 23.2 Å². The Balaban J connectivity index is 1.99. The van der Waals surface area contributed by atoms with E-state index in [1.54, 1.807) is 24.3 Å². The fourth-order valence-corrected chi connectivity index (χ4v) is 2.01. The highest BCUT2D eigenvalue weighted by Gasteiger charge is 2.05. The van der Waals surface area contributed by atoms with Crippen LogP contribution in [0.5, 0.6) is 11.6 Å². The van der Waals surface area contributed by atoms with E-state index in [1.807, 2.05) is 6.07 Å². The second-order valence-corrected chi connectivity index (χ2v) is 5.06. The van der Waals surface area contributed by atoms with E-state index < -0.39 is 0 Å². The summed E-state index contributed by atoms with van der Waals surface area (Å²) in [6.45, 7) is 3.77. The summed E-state index contributed by atoms with van der Waals surface area (Å²) < 4.78 is 5.56. The first kappa shape index (κ1) is 15.0. The first-order valence-corrected chi connectivity index (χ1v) is 7.11. The van der Waals surface area contributed by atoms with Crippen LogP contribution in [0.2, 0.25) is 10.0 Å². The predicted octanol–water partition coefficient (Wildman–Crippen LogP) is 4.08. The largest absolute Gasteiger partial charge is 0.436 e. The van der Waals surface area contributed by atoms with Crippen molar-refractivity contribution in [3.05, 3.63) is 46.1 Å². The lowest BCUT2D eigenvalue weighted by atomic mass is 10.3. The Morgan fingerprint density at radius 2 is 2.00 bits per heavy atom. The van der Waals surface area contributed by atoms with Crippen LogP contribution >= 0.6 is 23.2 Å². The molecule has 1 N–H and O–H groups in total. The van der Waals surface area contributed by atoms with E-state index in [-0.39, 0.29) is 0 Å². The van der Waals surface area contributed by atoms with Gasteiger partial charge in [0.05, 0.1) is 10.7 Å². The van der Waals surface area contributed by atoms with Crippen LogP contribution in [0.25, 0.3) is 0 Å². The van der Waals surface area contributed by atoms with Crippen LogP contribution in [0.4, 0.5) is 0 Å². The van der Waals surface area contributed by atoms with E-state index in [1.165, 1.54) is 0 Å². The van der Waals surface area contributed by atoms with E-state index in [0.29, 0.717) is 28.2 Å². The summed E-state index contributed by atoms with van der Waals surface area (Å²) in [7, 11) is 0. The van der Waals surface area contributed by atoms with Crippen molar-refractivity contribution in [2.24, 2.45) is 0 Å². The quantitative estimate of drug-likeness (QED) is 0.817. The number of benzene rings is 1. The maximum atomic E-state index is 6.03. The van der Waals surface area contributed by atoms with Gasteiger partial charge in [-0.2, -0.15) is 5.10 Å². The van der Waals surface area contributed by atoms with Gasteiger partial charge in [0, 0.05) is 17.6 Å². The zero-order chi connectivity index (χ0) is 14.4. The molecule has 0 bridgehead atoms. The van der Waals surface area contributed by atoms with Gasteiger partial charge in [-0.15, -0.1) is 5.10 Å². The van der Waals surface area contributed by atoms with Crippen LogP contribution in [0.15, 0.2) is 30.3 Å². The van der Waals surface area contributed by atoms with Crippen molar-refractivity contribution in [3.63, 3.8) is 0 Å². The molecular weight excluding hydrogens is 297 g/mol. The fourth-order valence-electron chi connectivity index (χ4n) is 1.56. The summed E-state index contributed by atoms with van der Waals surface area (Å²) in [6, 6.07) is 8.66. The Hall–Kier alpha value is -1.36. The van der Waals surface area contributed by atoms with E-state index >= 15 is 0 Å². The molecule has 0 saturated heterocycles. The highest BCUT2D eigenvalue weighted by Crippen LogP contribution is 2.30. The maximum absolute atomic E-state index is 6.03. The van der Waals surface area contributed by atoms with Crippen LogP contribution in [0, 0.1) is 0 Å². The van der Waals surface area contributed by atoms with Gasteiger partial charge in [-0.3, -0.25) is 0 Å². The number of ether oxygens (including phenoxy) is 1. The minimum absolute atomic E-state index is 0.397. The average molecular weight is 312 g/mol. The lowest BCUT2D eigenvalue weighted by Gasteiger charge is -2.07. The van der Waals surface area contributed by atoms with Crippen molar-refractivity contribution in [2.75, 3.05) is 6.54 Å². The molecule has 0 atom stereocenters. The van der Waals surface area contributed by atoms with Gasteiger partial charge in [0.2, 0.25) is 5.88 Å². The third-order valence-electron chi connectivity index (χ3n) is 2.54. The highest BCUT2D eigenvalue weighted by atomic mass is 35.5. The molecule has 0 unspecified atom stereocenters. The molecular formula is C14H15Cl2N3O. The summed E-state index contributed by atoms with van der Waals surface area (Å²) in [5.41, 5.74) is 0.869. The summed E-state index contributed by atoms with van der Waals surface area (Å²) >= 11 is 11.9. The SMILES string of the molecule is CCCNCc1ccc(Oc2ccc(Cl)cc2Cl)nn1. The van der Waals surface area contributed by atoms with Crippen LogP contribution in [-0.2, 0) is 6.54 Å². The monoisotopic (exact) mass is 311 g/mol. The Labute approximate surface area is 128 Å². The molecule has 2 rings (SSSR count). The van der Waals surface area contributed by atoms with Crippen LogP contribution in [0.3, 0.4) is 0 Å². The molecule has 1 aromatic carbocycles. The standard InChI is InChI=1S/C14H15Cl2N3O/c1-2-7-17-9-11-4-6-14(19-18-11)20-13-5-3-10(15)8-12(13)16/h3-6,8,17H,2,7,9H2,1H3. The van der Waals surface area contributed by atoms with Gasteiger partial charge in [-0.1, -0.05) is 30.1 Å². The van der Waals surface area contributed by atoms with Crippen molar-refractivity contribution in [1.29, 1.82) is 0 Å². The summed E-state index contributed by atoms with van der Waals surface area (Å²) in [5.74, 6) is 0.899. The lowest BCUT2D eigenvalue weighted by Crippen LogP contribution is -2.15. The summed E-state index contributed by atoms with van der Waals surface area (Å²) in [5, 5.41) is 12.4. The normalized spacial score (nSPS) is 10.6. The molecule has 0 fully saturated rings. The zero-order valence-electron chi connectivity index (χ0n) is 11.1. The topological polar surface area (TPSA) is 47.0 Å². The van der Waals surface area contributed by atoms with Crippen LogP contribution in [0.1, 0.15) is 19.0 Å². The smallest absolute Gasteiger partial charge is 0.238 e. The number of halogens is 2. The van der Waals surface area contributed by atoms with Gasteiger partial charge in [-0.05, 0) is 37.2 Å². The molecule has 4 nitrogen and oxygen atoms in total. The van der Waals surface area contributed by atoms with Gasteiger partial charge in [0.1, 0.15) is 5.75 Å². The van der Waals surface area contributed by atoms with E-state index in [9.17, 15) is 0 Å². The molecule has 106 valence electrons. The van der Waals surface area contributed by atoms with Crippen LogP contribution < -0.4 is 10.1 Å². The molecule has 0 radical (unpaired) electrons. The van der Waals surface area contributed by atoms with Gasteiger partial charge in [-0.25, -0.2) is 0 Å². The van der Waals surface area contributed by atoms with Crippen LogP contribution in [-0.4, -0.2) is 16.7 Å². The second kappa shape index (κ2) is 7.43. The Morgan fingerprint density at radius 1 is 1.15 bits per heavy atom. The van der Waals surface area contributed by atoms with Crippen molar-refractivity contribution in [3.8, 4) is 11.6 Å². The average Bonchev–Trinajstić information content (AvgIpc) is 2.44. The van der Waals surface area contributed by atoms with Crippen molar-refractivity contribution in [2.45, 2.75) is 19.9 Å². The Kier molecular flexibility index (Phi) is 5.59. The van der Waals surface area contributed by atoms with Crippen molar-refractivity contribution < 1.29 is 4.74 Å². The fraction of sp³-hybridized carbons (Fsp3) is 0.286. The van der Waals surface area contributed by atoms with Gasteiger partial charge >= 0.3 is 0 Å². The molecule has 2 aromatic rings. The molecule has 0 saturated carbocycles. The summed E-state index contributed by atoms with van der Waals surface area (Å²) in [4.78, 5) is 0. The lowest BCUT2D eigenvalue weighted by molar-refractivity contribution is 0.453. The summed E-state index contributed by atoms with van der Waals surface area (Å²) in [6.07, 6.45) is 1.09. The third-order valence-corrected chi connectivity index (χ3v) is 3.07. The first-order valence-electron chi connectivity index (χ1n) is 6.35. The number of nitrogens with one attached hydrogen (secondary N) is 1. The molecule has 0 amide bonds. The van der Waals surface area contributed by atoms with Gasteiger partial charge < -0.3 is 10.1 Å². The maximum Gasteiger partial charge on any atom is 0.238 e. The molecule has 0 spiro atoms. The first-order chi connectivity index (χ1) is 9.69. The predicted molar refractivity (Wildman–Crippen MR) is 80.6 cm³/mol. The molecule has 1 aromatic heterocycles. The molecule has 0 aliphatic heterocycles. The minimum atomic E-state index is 0.397. The number of nitrogens with zero attached hydrogens (tertiary/aromatic N) is 2. The number of aromatic nitrogens is 2. The third kappa shape index (κ3) is 4.34. The Morgan fingerprint density at radius 3 is 2.65 bits per heavy atom. The van der Waals surface area contributed by atoms with Gasteiger partial charge in [0.15, 0.2) is 0 Å². The molecule has 1 heterocycles. The molecule has 6 heteroatoms. The minimum Gasteiger partial charge on any atom is -0.436 e. The van der Waals surface area contributed by atoms with Crippen molar-refractivity contribution in [1.82, 2.24) is 15.5 Å². The highest BCUT2D eigenvalue weighted by molar-refractivity contribution is 6.35. The zero-order valence-corrected chi connectivity index (χ0v) is 12.6. The number of hydrogen-bond acceptors (Lipinski definition) is 4. The Bertz CT molecular complexity index is 561. The molecule has 0 aliphatic carbocycles. The molecule has 20 heavy (non-hydrogen) atoms. The number of hydrogen-bond donors (Lipinski definition) is 1. The van der Waals surface area contributed by atoms with E-state index in [2.05, 4.69) is 22.4 Å². The number of rotatable bonds is 6.